The van der Waals surface area contributed by atoms with E-state index in [9.17, 15) is 14.7 Å². The number of esters is 1. The maximum atomic E-state index is 11.2. The van der Waals surface area contributed by atoms with Gasteiger partial charge in [0, 0.05) is 5.97 Å². The topological polar surface area (TPSA) is 66.4 Å². The first-order valence-electron chi connectivity index (χ1n) is 11.0. The Morgan fingerprint density at radius 1 is 0.630 bits per heavy atom. The zero-order valence-electron chi connectivity index (χ0n) is 17.8. The monoisotopic (exact) mass is 433 g/mol. The van der Waals surface area contributed by atoms with Crippen molar-refractivity contribution < 1.29 is 38.9 Å². The summed E-state index contributed by atoms with van der Waals surface area (Å²) in [6, 6.07) is 0. The van der Waals surface area contributed by atoms with Gasteiger partial charge in [0.2, 0.25) is 0 Å². The molecule has 0 aromatic heterocycles. The summed E-state index contributed by atoms with van der Waals surface area (Å²) >= 11 is 0. The number of carboxylic acid groups (broad SMARTS) is 1. The van der Waals surface area contributed by atoms with Gasteiger partial charge in [-0.1, -0.05) is 103 Å². The third-order valence-electron chi connectivity index (χ3n) is 4.79. The predicted octanol–water partition coefficient (Wildman–Crippen LogP) is 5.32. The number of hydrogen-bond donors (Lipinski definition) is 0. The molecule has 0 saturated heterocycles. The fourth-order valence-electron chi connectivity index (χ4n) is 3.11. The van der Waals surface area contributed by atoms with Crippen molar-refractivity contribution >= 4 is 11.9 Å². The van der Waals surface area contributed by atoms with Gasteiger partial charge in [0.15, 0.2) is 0 Å². The van der Waals surface area contributed by atoms with Gasteiger partial charge in [0.1, 0.15) is 0 Å². The number of hydrogen-bond acceptors (Lipinski definition) is 4. The van der Waals surface area contributed by atoms with Crippen LogP contribution in [0.4, 0.5) is 0 Å². The molecule has 0 spiro atoms. The summed E-state index contributed by atoms with van der Waals surface area (Å²) in [5.74, 6) is -1.64. The minimum Gasteiger partial charge on any atom is -0.550 e. The SMILES string of the molecule is CCCCCCCCCCCCCCCCCCOC(=O)CCC(=O)[O-].[Zn+2]. The molecule has 0 unspecified atom stereocenters. The molecule has 0 N–H and O–H groups in total. The van der Waals surface area contributed by atoms with Crippen molar-refractivity contribution in [2.75, 3.05) is 6.61 Å². The number of rotatable bonds is 20. The number of carboxylic acids is 1. The normalized spacial score (nSPS) is 10.4. The Labute approximate surface area is 180 Å². The Morgan fingerprint density at radius 3 is 1.37 bits per heavy atom. The molecule has 4 nitrogen and oxygen atoms in total. The van der Waals surface area contributed by atoms with Gasteiger partial charge < -0.3 is 14.6 Å². The molecule has 0 amide bonds. The van der Waals surface area contributed by atoms with Gasteiger partial charge in [-0.2, -0.15) is 0 Å². The van der Waals surface area contributed by atoms with Crippen LogP contribution in [-0.4, -0.2) is 18.5 Å². The molecule has 0 atom stereocenters. The average molecular weight is 435 g/mol. The number of carbonyl (C=O) groups is 2. The molecular weight excluding hydrogens is 394 g/mol. The quantitative estimate of drug-likeness (QED) is 0.148. The summed E-state index contributed by atoms with van der Waals surface area (Å²) in [6.07, 6.45) is 20.7. The summed E-state index contributed by atoms with van der Waals surface area (Å²) in [5.41, 5.74) is 0. The average Bonchev–Trinajstić information content (AvgIpc) is 2.62. The van der Waals surface area contributed by atoms with Gasteiger partial charge in [0.05, 0.1) is 13.0 Å². The number of unbranched alkanes of at least 4 members (excludes halogenated alkanes) is 15. The summed E-state index contributed by atoms with van der Waals surface area (Å²) in [5, 5.41) is 10.2. The van der Waals surface area contributed by atoms with Crippen molar-refractivity contribution in [3.8, 4) is 0 Å². The third kappa shape index (κ3) is 25.6. The summed E-state index contributed by atoms with van der Waals surface area (Å²) in [4.78, 5) is 21.4. The van der Waals surface area contributed by atoms with Crippen LogP contribution in [0.1, 0.15) is 122 Å². The van der Waals surface area contributed by atoms with E-state index in [1.165, 1.54) is 89.9 Å². The standard InChI is InChI=1S/C22H42O4.Zn/c1-2-3-4-5-6-7-8-9-10-11-12-13-14-15-16-17-20-26-22(25)19-18-21(23)24;/h2-20H2,1H3,(H,23,24);/q;+2/p-1. The first-order valence-corrected chi connectivity index (χ1v) is 11.0. The zero-order valence-corrected chi connectivity index (χ0v) is 20.7. The van der Waals surface area contributed by atoms with Gasteiger partial charge in [0.25, 0.3) is 0 Å². The van der Waals surface area contributed by atoms with Gasteiger partial charge in [-0.15, -0.1) is 0 Å². The molecule has 0 aliphatic heterocycles. The third-order valence-corrected chi connectivity index (χ3v) is 4.79. The van der Waals surface area contributed by atoms with E-state index in [-0.39, 0.29) is 32.3 Å². The van der Waals surface area contributed by atoms with Crippen molar-refractivity contribution in [2.24, 2.45) is 0 Å². The van der Waals surface area contributed by atoms with E-state index in [1.807, 2.05) is 0 Å². The maximum absolute atomic E-state index is 11.2. The van der Waals surface area contributed by atoms with Crippen LogP contribution < -0.4 is 5.11 Å². The maximum Gasteiger partial charge on any atom is 2.00 e. The molecule has 27 heavy (non-hydrogen) atoms. The van der Waals surface area contributed by atoms with Crippen molar-refractivity contribution in [3.05, 3.63) is 0 Å². The molecule has 0 rings (SSSR count). The van der Waals surface area contributed by atoms with Gasteiger partial charge in [-0.05, 0) is 12.8 Å². The number of ether oxygens (including phenoxy) is 1. The fourth-order valence-corrected chi connectivity index (χ4v) is 3.11. The molecule has 0 aromatic carbocycles. The van der Waals surface area contributed by atoms with Crippen LogP contribution >= 0.6 is 0 Å². The zero-order chi connectivity index (χ0) is 19.3. The van der Waals surface area contributed by atoms with Crippen molar-refractivity contribution in [1.29, 1.82) is 0 Å². The second kappa shape index (κ2) is 23.6. The summed E-state index contributed by atoms with van der Waals surface area (Å²) < 4.78 is 4.98. The smallest absolute Gasteiger partial charge is 0.550 e. The van der Waals surface area contributed by atoms with Crippen LogP contribution in [0.5, 0.6) is 0 Å². The first kappa shape index (κ1) is 28.8. The second-order valence-electron chi connectivity index (χ2n) is 7.40. The van der Waals surface area contributed by atoms with E-state index >= 15 is 0 Å². The van der Waals surface area contributed by atoms with E-state index in [4.69, 9.17) is 4.74 Å². The van der Waals surface area contributed by atoms with E-state index in [0.717, 1.165) is 12.8 Å². The van der Waals surface area contributed by atoms with Crippen molar-refractivity contribution in [2.45, 2.75) is 122 Å². The number of aliphatic carboxylic acids is 1. The van der Waals surface area contributed by atoms with Crippen LogP contribution in [0.15, 0.2) is 0 Å². The van der Waals surface area contributed by atoms with Gasteiger partial charge in [-0.3, -0.25) is 4.79 Å². The molecular formula is C22H41O4Zn+. The Hall–Kier alpha value is -0.437. The predicted molar refractivity (Wildman–Crippen MR) is 105 cm³/mol. The molecule has 0 radical (unpaired) electrons. The van der Waals surface area contributed by atoms with Crippen molar-refractivity contribution in [3.63, 3.8) is 0 Å². The van der Waals surface area contributed by atoms with Crippen LogP contribution in [0.3, 0.4) is 0 Å². The van der Waals surface area contributed by atoms with Crippen LogP contribution in [0, 0.1) is 0 Å². The Kier molecular flexibility index (Phi) is 25.1. The summed E-state index contributed by atoms with van der Waals surface area (Å²) in [7, 11) is 0. The molecule has 154 valence electrons. The first-order chi connectivity index (χ1) is 12.7. The molecule has 0 aliphatic carbocycles. The van der Waals surface area contributed by atoms with Crippen LogP contribution in [-0.2, 0) is 33.8 Å². The molecule has 0 saturated carbocycles. The molecule has 0 bridgehead atoms. The van der Waals surface area contributed by atoms with Crippen LogP contribution in [0.2, 0.25) is 0 Å². The van der Waals surface area contributed by atoms with Gasteiger partial charge in [-0.25, -0.2) is 0 Å². The minimum absolute atomic E-state index is 0. The largest absolute Gasteiger partial charge is 2.00 e. The number of carbonyl (C=O) groups excluding carboxylic acids is 2. The summed E-state index contributed by atoms with van der Waals surface area (Å²) in [6.45, 7) is 2.67. The Morgan fingerprint density at radius 2 is 1.00 bits per heavy atom. The molecule has 0 fully saturated rings. The molecule has 0 aliphatic rings. The Bertz CT molecular complexity index is 334. The van der Waals surface area contributed by atoms with E-state index in [0.29, 0.717) is 6.61 Å². The molecule has 5 heteroatoms. The fraction of sp³-hybridized carbons (Fsp3) is 0.909. The van der Waals surface area contributed by atoms with E-state index in [1.54, 1.807) is 0 Å². The Balaban J connectivity index is 0. The molecule has 0 aromatic rings. The van der Waals surface area contributed by atoms with E-state index < -0.39 is 11.9 Å². The van der Waals surface area contributed by atoms with E-state index in [2.05, 4.69) is 6.92 Å². The van der Waals surface area contributed by atoms with Gasteiger partial charge >= 0.3 is 25.4 Å². The van der Waals surface area contributed by atoms with Crippen LogP contribution in [0.25, 0.3) is 0 Å². The van der Waals surface area contributed by atoms with Crippen molar-refractivity contribution in [1.82, 2.24) is 0 Å². The second-order valence-corrected chi connectivity index (χ2v) is 7.40. The minimum atomic E-state index is -1.20. The molecule has 0 heterocycles.